The molecular weight excluding hydrogens is 310 g/mol. The third-order valence-electron chi connectivity index (χ3n) is 4.11. The number of carbonyl (C=O) groups excluding carboxylic acids is 2. The number of methoxy groups -OCH3 is 2. The number of amides is 1. The van der Waals surface area contributed by atoms with Crippen LogP contribution in [-0.4, -0.2) is 49.1 Å². The molecule has 130 valence electrons. The van der Waals surface area contributed by atoms with Crippen molar-refractivity contribution in [3.63, 3.8) is 0 Å². The number of aliphatic hydroxyl groups is 1. The summed E-state index contributed by atoms with van der Waals surface area (Å²) in [6, 6.07) is 6.58. The van der Waals surface area contributed by atoms with Crippen LogP contribution in [0.4, 0.5) is 0 Å². The Morgan fingerprint density at radius 2 is 2.00 bits per heavy atom. The van der Waals surface area contributed by atoms with E-state index in [0.29, 0.717) is 30.9 Å². The van der Waals surface area contributed by atoms with E-state index in [9.17, 15) is 14.7 Å². The summed E-state index contributed by atoms with van der Waals surface area (Å²) in [5, 5.41) is 10.3. The van der Waals surface area contributed by atoms with Gasteiger partial charge in [-0.05, 0) is 12.5 Å². The third-order valence-corrected chi connectivity index (χ3v) is 4.11. The first-order chi connectivity index (χ1) is 11.6. The first-order valence-corrected chi connectivity index (χ1v) is 7.95. The second-order valence-corrected chi connectivity index (χ2v) is 5.53. The van der Waals surface area contributed by atoms with Crippen molar-refractivity contribution >= 4 is 11.7 Å². The minimum Gasteiger partial charge on any atom is -0.503 e. The second kappa shape index (κ2) is 7.97. The van der Waals surface area contributed by atoms with E-state index >= 15 is 0 Å². The Morgan fingerprint density at radius 3 is 2.62 bits per heavy atom. The van der Waals surface area contributed by atoms with Gasteiger partial charge in [-0.25, -0.2) is 0 Å². The smallest absolute Gasteiger partial charge is 0.290 e. The molecule has 0 spiro atoms. The number of rotatable bonds is 8. The largest absolute Gasteiger partial charge is 0.503 e. The molecule has 1 N–H and O–H groups in total. The van der Waals surface area contributed by atoms with Crippen LogP contribution in [0.15, 0.2) is 35.6 Å². The van der Waals surface area contributed by atoms with Crippen LogP contribution in [0, 0.1) is 0 Å². The van der Waals surface area contributed by atoms with E-state index in [0.717, 1.165) is 0 Å². The molecule has 0 fully saturated rings. The zero-order chi connectivity index (χ0) is 17.7. The van der Waals surface area contributed by atoms with Crippen molar-refractivity contribution in [1.29, 1.82) is 0 Å². The van der Waals surface area contributed by atoms with Crippen molar-refractivity contribution < 1.29 is 24.2 Å². The first-order valence-electron chi connectivity index (χ1n) is 7.95. The van der Waals surface area contributed by atoms with Crippen LogP contribution >= 0.6 is 0 Å². The highest BCUT2D eigenvalue weighted by Gasteiger charge is 2.43. The van der Waals surface area contributed by atoms with E-state index in [-0.39, 0.29) is 17.8 Å². The molecule has 1 aromatic rings. The summed E-state index contributed by atoms with van der Waals surface area (Å²) >= 11 is 0. The summed E-state index contributed by atoms with van der Waals surface area (Å²) in [5.74, 6) is -0.664. The standard InChI is InChI=1S/C18H23NO5/c1-4-13(20)15-16(12-8-5-6-9-14(12)24-3)19(10-7-11-23-2)18(22)17(15)21/h5-6,8-9,16,21H,4,7,10-11H2,1-3H3. The molecule has 1 atom stereocenters. The number of hydrogen-bond acceptors (Lipinski definition) is 5. The van der Waals surface area contributed by atoms with Gasteiger partial charge in [-0.1, -0.05) is 25.1 Å². The highest BCUT2D eigenvalue weighted by molar-refractivity contribution is 6.08. The van der Waals surface area contributed by atoms with Crippen molar-refractivity contribution in [2.75, 3.05) is 27.4 Å². The molecule has 0 saturated heterocycles. The summed E-state index contributed by atoms with van der Waals surface area (Å²) in [7, 11) is 3.13. The third kappa shape index (κ3) is 3.28. The Labute approximate surface area is 141 Å². The lowest BCUT2D eigenvalue weighted by Gasteiger charge is -2.27. The highest BCUT2D eigenvalue weighted by atomic mass is 16.5. The summed E-state index contributed by atoms with van der Waals surface area (Å²) in [4.78, 5) is 26.4. The molecule has 1 aliphatic heterocycles. The summed E-state index contributed by atoms with van der Waals surface area (Å²) < 4.78 is 10.4. The number of ketones is 1. The van der Waals surface area contributed by atoms with Crippen LogP contribution < -0.4 is 4.74 Å². The van der Waals surface area contributed by atoms with Crippen molar-refractivity contribution in [3.05, 3.63) is 41.2 Å². The van der Waals surface area contributed by atoms with Gasteiger partial charge in [-0.15, -0.1) is 0 Å². The average molecular weight is 333 g/mol. The van der Waals surface area contributed by atoms with Crippen molar-refractivity contribution in [2.24, 2.45) is 0 Å². The van der Waals surface area contributed by atoms with E-state index in [2.05, 4.69) is 0 Å². The van der Waals surface area contributed by atoms with E-state index in [1.54, 1.807) is 20.1 Å². The van der Waals surface area contributed by atoms with Crippen LogP contribution in [0.3, 0.4) is 0 Å². The molecule has 1 amide bonds. The molecule has 6 nitrogen and oxygen atoms in total. The number of aliphatic hydroxyl groups excluding tert-OH is 1. The maximum absolute atomic E-state index is 12.5. The molecule has 2 rings (SSSR count). The fourth-order valence-electron chi connectivity index (χ4n) is 2.95. The molecule has 0 aliphatic carbocycles. The zero-order valence-corrected chi connectivity index (χ0v) is 14.2. The van der Waals surface area contributed by atoms with Crippen LogP contribution in [0.1, 0.15) is 31.4 Å². The van der Waals surface area contributed by atoms with E-state index in [4.69, 9.17) is 9.47 Å². The van der Waals surface area contributed by atoms with E-state index < -0.39 is 17.7 Å². The second-order valence-electron chi connectivity index (χ2n) is 5.53. The van der Waals surface area contributed by atoms with Crippen LogP contribution in [-0.2, 0) is 14.3 Å². The monoisotopic (exact) mass is 333 g/mol. The minimum atomic E-state index is -0.641. The summed E-state index contributed by atoms with van der Waals surface area (Å²) in [5.41, 5.74) is 0.830. The number of hydrogen-bond donors (Lipinski definition) is 1. The molecule has 1 heterocycles. The topological polar surface area (TPSA) is 76.1 Å². The number of Topliss-reactive ketones (excluding diaryl/α,β-unsaturated/α-hetero) is 1. The predicted octanol–water partition coefficient (Wildman–Crippen LogP) is 2.41. The Kier molecular flexibility index (Phi) is 5.98. The van der Waals surface area contributed by atoms with Gasteiger partial charge >= 0.3 is 0 Å². The Balaban J connectivity index is 2.49. The van der Waals surface area contributed by atoms with E-state index in [1.165, 1.54) is 12.0 Å². The lowest BCUT2D eigenvalue weighted by Crippen LogP contribution is -2.32. The maximum atomic E-state index is 12.5. The normalized spacial score (nSPS) is 17.5. The van der Waals surface area contributed by atoms with Gasteiger partial charge in [0.25, 0.3) is 5.91 Å². The highest BCUT2D eigenvalue weighted by Crippen LogP contribution is 2.41. The fourth-order valence-corrected chi connectivity index (χ4v) is 2.95. The summed E-state index contributed by atoms with van der Waals surface area (Å²) in [6.07, 6.45) is 0.818. The average Bonchev–Trinajstić information content (AvgIpc) is 2.86. The fraction of sp³-hybridized carbons (Fsp3) is 0.444. The SMILES string of the molecule is CCC(=O)C1=C(O)C(=O)N(CCCOC)C1c1ccccc1OC. The lowest BCUT2D eigenvalue weighted by atomic mass is 9.94. The van der Waals surface area contributed by atoms with Gasteiger partial charge in [0.15, 0.2) is 11.5 Å². The minimum absolute atomic E-state index is 0.143. The van der Waals surface area contributed by atoms with Gasteiger partial charge in [0.2, 0.25) is 0 Å². The molecule has 0 radical (unpaired) electrons. The maximum Gasteiger partial charge on any atom is 0.290 e. The number of ether oxygens (including phenoxy) is 2. The van der Waals surface area contributed by atoms with Gasteiger partial charge in [0.05, 0.1) is 18.7 Å². The van der Waals surface area contributed by atoms with E-state index in [1.807, 2.05) is 18.2 Å². The molecule has 1 unspecified atom stereocenters. The molecule has 0 bridgehead atoms. The van der Waals surface area contributed by atoms with Gasteiger partial charge in [0, 0.05) is 32.2 Å². The Hall–Kier alpha value is -2.34. The first kappa shape index (κ1) is 18.0. The Morgan fingerprint density at radius 1 is 1.29 bits per heavy atom. The number of benzene rings is 1. The number of nitrogens with zero attached hydrogens (tertiary/aromatic N) is 1. The molecule has 24 heavy (non-hydrogen) atoms. The molecule has 1 aliphatic rings. The van der Waals surface area contributed by atoms with Crippen molar-refractivity contribution in [3.8, 4) is 5.75 Å². The predicted molar refractivity (Wildman–Crippen MR) is 88.9 cm³/mol. The van der Waals surface area contributed by atoms with Gasteiger partial charge in [0.1, 0.15) is 5.75 Å². The Bertz CT molecular complexity index is 653. The zero-order valence-electron chi connectivity index (χ0n) is 14.2. The van der Waals surface area contributed by atoms with Crippen LogP contribution in [0.25, 0.3) is 0 Å². The molecular formula is C18H23NO5. The van der Waals surface area contributed by atoms with Gasteiger partial charge in [-0.2, -0.15) is 0 Å². The molecule has 6 heteroatoms. The van der Waals surface area contributed by atoms with Crippen LogP contribution in [0.2, 0.25) is 0 Å². The van der Waals surface area contributed by atoms with Crippen molar-refractivity contribution in [1.82, 2.24) is 4.90 Å². The molecule has 0 saturated carbocycles. The summed E-state index contributed by atoms with van der Waals surface area (Å²) in [6.45, 7) is 2.57. The quantitative estimate of drug-likeness (QED) is 0.739. The number of carbonyl (C=O) groups is 2. The molecule has 1 aromatic carbocycles. The van der Waals surface area contributed by atoms with Gasteiger partial charge < -0.3 is 19.5 Å². The van der Waals surface area contributed by atoms with Crippen molar-refractivity contribution in [2.45, 2.75) is 25.8 Å². The van der Waals surface area contributed by atoms with Crippen LogP contribution in [0.5, 0.6) is 5.75 Å². The molecule has 0 aromatic heterocycles. The lowest BCUT2D eigenvalue weighted by molar-refractivity contribution is -0.129. The van der Waals surface area contributed by atoms with Gasteiger partial charge in [-0.3, -0.25) is 9.59 Å². The number of para-hydroxylation sites is 1.